The van der Waals surface area contributed by atoms with Crippen LogP contribution in [0.4, 0.5) is 5.69 Å². The molecule has 1 heterocycles. The lowest BCUT2D eigenvalue weighted by Gasteiger charge is -2.17. The lowest BCUT2D eigenvalue weighted by atomic mass is 9.93. The quantitative estimate of drug-likeness (QED) is 0.614. The Hall–Kier alpha value is -2.00. The number of benzene rings is 1. The molecule has 1 aromatic heterocycles. The van der Waals surface area contributed by atoms with E-state index in [2.05, 4.69) is 25.2 Å². The maximum Gasteiger partial charge on any atom is 0.285 e. The Bertz CT molecular complexity index is 946. The Labute approximate surface area is 144 Å². The Morgan fingerprint density at radius 3 is 2.17 bits per heavy atom. The first-order valence-corrected chi connectivity index (χ1v) is 9.41. The third-order valence-corrected chi connectivity index (χ3v) is 6.59. The van der Waals surface area contributed by atoms with Crippen LogP contribution in [-0.4, -0.2) is 17.9 Å². The van der Waals surface area contributed by atoms with Crippen LogP contribution < -0.4 is 4.80 Å². The topological polar surface area (TPSA) is 94.6 Å². The molecule has 9 heteroatoms. The molecule has 0 aliphatic rings. The zero-order valence-electron chi connectivity index (χ0n) is 14.1. The molecular formula is C15H19N3O4S2. The second-order valence-corrected chi connectivity index (χ2v) is 9.01. The van der Waals surface area contributed by atoms with E-state index in [0.717, 1.165) is 22.7 Å². The van der Waals surface area contributed by atoms with Gasteiger partial charge in [-0.15, -0.1) is 15.7 Å². The molecular weight excluding hydrogens is 350 g/mol. The van der Waals surface area contributed by atoms with Crippen molar-refractivity contribution in [3.63, 3.8) is 0 Å². The SMILES string of the molecule is Cc1c(C(C)(C)C)s/c(=N\S(=O)(=O)c2ccc([N+](=O)[O-])cc2)n1C. The summed E-state index contributed by atoms with van der Waals surface area (Å²) in [4.78, 5) is 11.4. The van der Waals surface area contributed by atoms with Crippen LogP contribution in [0.1, 0.15) is 31.3 Å². The van der Waals surface area contributed by atoms with Gasteiger partial charge in [0.2, 0.25) is 4.80 Å². The van der Waals surface area contributed by atoms with Crippen molar-refractivity contribution in [2.24, 2.45) is 11.4 Å². The Kier molecular flexibility index (Phi) is 4.69. The molecule has 2 aromatic rings. The standard InChI is InChI=1S/C15H19N3O4S2/c1-10-13(15(2,3)4)23-14(17(10)5)16-24(21,22)12-8-6-11(7-9-12)18(19)20/h6-9H,1-5H3/b16-14-. The van der Waals surface area contributed by atoms with Crippen molar-refractivity contribution in [2.45, 2.75) is 38.0 Å². The maximum absolute atomic E-state index is 12.5. The first-order valence-electron chi connectivity index (χ1n) is 7.16. The summed E-state index contributed by atoms with van der Waals surface area (Å²) < 4.78 is 30.6. The lowest BCUT2D eigenvalue weighted by Crippen LogP contribution is -2.15. The number of thiazole rings is 1. The van der Waals surface area contributed by atoms with Crippen LogP contribution in [0.3, 0.4) is 0 Å². The van der Waals surface area contributed by atoms with Gasteiger partial charge in [0.25, 0.3) is 15.7 Å². The molecule has 0 unspecified atom stereocenters. The number of sulfonamides is 1. The van der Waals surface area contributed by atoms with E-state index in [9.17, 15) is 18.5 Å². The van der Waals surface area contributed by atoms with E-state index >= 15 is 0 Å². The smallest absolute Gasteiger partial charge is 0.285 e. The first-order chi connectivity index (χ1) is 10.9. The van der Waals surface area contributed by atoms with Crippen LogP contribution in [-0.2, 0) is 22.5 Å². The number of hydrogen-bond donors (Lipinski definition) is 0. The van der Waals surface area contributed by atoms with Crippen LogP contribution in [0.5, 0.6) is 0 Å². The van der Waals surface area contributed by atoms with Gasteiger partial charge in [-0.1, -0.05) is 20.8 Å². The molecule has 2 rings (SSSR count). The highest BCUT2D eigenvalue weighted by Crippen LogP contribution is 2.28. The molecule has 0 amide bonds. The molecule has 0 bridgehead atoms. The first kappa shape index (κ1) is 18.3. The Morgan fingerprint density at radius 1 is 1.21 bits per heavy atom. The van der Waals surface area contributed by atoms with Gasteiger partial charge >= 0.3 is 0 Å². The van der Waals surface area contributed by atoms with E-state index in [1.807, 2.05) is 6.92 Å². The minimum Gasteiger partial charge on any atom is -0.323 e. The van der Waals surface area contributed by atoms with E-state index in [1.54, 1.807) is 11.6 Å². The van der Waals surface area contributed by atoms with E-state index < -0.39 is 14.9 Å². The predicted molar refractivity (Wildman–Crippen MR) is 92.6 cm³/mol. The van der Waals surface area contributed by atoms with Gasteiger partial charge in [0, 0.05) is 29.8 Å². The van der Waals surface area contributed by atoms with Gasteiger partial charge in [0.05, 0.1) is 9.82 Å². The van der Waals surface area contributed by atoms with Crippen molar-refractivity contribution in [3.05, 3.63) is 49.8 Å². The second-order valence-electron chi connectivity index (χ2n) is 6.43. The highest BCUT2D eigenvalue weighted by molar-refractivity contribution is 7.90. The molecule has 0 saturated heterocycles. The summed E-state index contributed by atoms with van der Waals surface area (Å²) >= 11 is 1.33. The van der Waals surface area contributed by atoms with E-state index in [0.29, 0.717) is 4.80 Å². The monoisotopic (exact) mass is 369 g/mol. The summed E-state index contributed by atoms with van der Waals surface area (Å²) in [7, 11) is -2.17. The fraction of sp³-hybridized carbons (Fsp3) is 0.400. The van der Waals surface area contributed by atoms with Gasteiger partial charge in [-0.05, 0) is 24.5 Å². The number of hydrogen-bond acceptors (Lipinski definition) is 5. The van der Waals surface area contributed by atoms with Crippen LogP contribution >= 0.6 is 11.3 Å². The normalized spacial score (nSPS) is 13.3. The number of nitro benzene ring substituents is 1. The van der Waals surface area contributed by atoms with Crippen LogP contribution in [0, 0.1) is 17.0 Å². The minimum absolute atomic E-state index is 0.0727. The average molecular weight is 369 g/mol. The molecule has 0 atom stereocenters. The minimum atomic E-state index is -3.94. The second kappa shape index (κ2) is 6.14. The number of aromatic nitrogens is 1. The molecule has 0 spiro atoms. The molecule has 1 aromatic carbocycles. The van der Waals surface area contributed by atoms with Crippen molar-refractivity contribution in [1.29, 1.82) is 0 Å². The summed E-state index contributed by atoms with van der Waals surface area (Å²) in [6, 6.07) is 4.70. The molecule has 7 nitrogen and oxygen atoms in total. The third kappa shape index (κ3) is 3.57. The highest BCUT2D eigenvalue weighted by atomic mass is 32.2. The molecule has 0 aliphatic heterocycles. The van der Waals surface area contributed by atoms with Gasteiger partial charge in [0.15, 0.2) is 0 Å². The van der Waals surface area contributed by atoms with Crippen molar-refractivity contribution < 1.29 is 13.3 Å². The van der Waals surface area contributed by atoms with Gasteiger partial charge in [0.1, 0.15) is 0 Å². The average Bonchev–Trinajstić information content (AvgIpc) is 2.75. The predicted octanol–water partition coefficient (Wildman–Crippen LogP) is 2.89. The van der Waals surface area contributed by atoms with E-state index in [4.69, 9.17) is 0 Å². The highest BCUT2D eigenvalue weighted by Gasteiger charge is 2.22. The van der Waals surface area contributed by atoms with Crippen LogP contribution in [0.2, 0.25) is 0 Å². The summed E-state index contributed by atoms with van der Waals surface area (Å²) in [5, 5.41) is 10.7. The fourth-order valence-electron chi connectivity index (χ4n) is 2.20. The zero-order chi connectivity index (χ0) is 18.3. The Morgan fingerprint density at radius 2 is 1.75 bits per heavy atom. The largest absolute Gasteiger partial charge is 0.323 e. The molecule has 24 heavy (non-hydrogen) atoms. The lowest BCUT2D eigenvalue weighted by molar-refractivity contribution is -0.384. The number of rotatable bonds is 3. The summed E-state index contributed by atoms with van der Waals surface area (Å²) in [6.45, 7) is 8.09. The van der Waals surface area contributed by atoms with Gasteiger partial charge in [-0.3, -0.25) is 10.1 Å². The van der Waals surface area contributed by atoms with E-state index in [-0.39, 0.29) is 16.0 Å². The number of nitrogens with zero attached hydrogens (tertiary/aromatic N) is 3. The molecule has 0 fully saturated rings. The summed E-state index contributed by atoms with van der Waals surface area (Å²) in [5.74, 6) is 0. The van der Waals surface area contributed by atoms with E-state index in [1.165, 1.54) is 23.5 Å². The van der Waals surface area contributed by atoms with Gasteiger partial charge in [-0.25, -0.2) is 0 Å². The van der Waals surface area contributed by atoms with Crippen molar-refractivity contribution in [3.8, 4) is 0 Å². The Balaban J connectivity index is 2.56. The third-order valence-electron chi connectivity index (χ3n) is 3.54. The van der Waals surface area contributed by atoms with Crippen molar-refractivity contribution in [2.75, 3.05) is 0 Å². The summed E-state index contributed by atoms with van der Waals surface area (Å²) in [6.07, 6.45) is 0. The fourth-order valence-corrected chi connectivity index (χ4v) is 4.60. The zero-order valence-corrected chi connectivity index (χ0v) is 15.7. The molecule has 130 valence electrons. The number of non-ortho nitro benzene ring substituents is 1. The molecule has 0 saturated carbocycles. The van der Waals surface area contributed by atoms with Gasteiger partial charge in [-0.2, -0.15) is 8.42 Å². The molecule has 0 N–H and O–H groups in total. The van der Waals surface area contributed by atoms with Crippen LogP contribution in [0.15, 0.2) is 33.6 Å². The number of nitro groups is 1. The van der Waals surface area contributed by atoms with Gasteiger partial charge < -0.3 is 4.57 Å². The van der Waals surface area contributed by atoms with Crippen LogP contribution in [0.25, 0.3) is 0 Å². The molecule has 0 radical (unpaired) electrons. The van der Waals surface area contributed by atoms with Crippen molar-refractivity contribution in [1.82, 2.24) is 4.57 Å². The molecule has 0 aliphatic carbocycles. The maximum atomic E-state index is 12.5. The summed E-state index contributed by atoms with van der Waals surface area (Å²) in [5.41, 5.74) is 0.684. The van der Waals surface area contributed by atoms with Crippen molar-refractivity contribution >= 4 is 27.0 Å².